The Morgan fingerprint density at radius 2 is 2.06 bits per heavy atom. The Morgan fingerprint density at radius 1 is 1.38 bits per heavy atom. The maximum absolute atomic E-state index is 10.8. The van der Waals surface area contributed by atoms with Crippen molar-refractivity contribution >= 4 is 12.0 Å². The average molecular weight is 222 g/mol. The molecule has 1 aromatic carbocycles. The third-order valence-electron chi connectivity index (χ3n) is 1.85. The zero-order valence-corrected chi connectivity index (χ0v) is 9.05. The number of aliphatic hydroxyl groups excluding tert-OH is 1. The number of ether oxygens (including phenoxy) is 2. The fourth-order valence-corrected chi connectivity index (χ4v) is 1.07. The van der Waals surface area contributed by atoms with Crippen molar-refractivity contribution in [3.8, 4) is 5.75 Å². The van der Waals surface area contributed by atoms with Gasteiger partial charge in [0.1, 0.15) is 12.4 Å². The number of hydrogen-bond acceptors (Lipinski definition) is 4. The molecule has 0 aromatic heterocycles. The van der Waals surface area contributed by atoms with Gasteiger partial charge in [0.2, 0.25) is 0 Å². The molecular formula is C12H14O4. The minimum Gasteiger partial charge on any atom is -0.491 e. The summed E-state index contributed by atoms with van der Waals surface area (Å²) in [5.41, 5.74) is 0.877. The largest absolute Gasteiger partial charge is 0.491 e. The van der Waals surface area contributed by atoms with Crippen LogP contribution in [0, 0.1) is 0 Å². The molecule has 1 rings (SSSR count). The first kappa shape index (κ1) is 12.3. The van der Waals surface area contributed by atoms with Crippen LogP contribution in [0.1, 0.15) is 5.56 Å². The Labute approximate surface area is 94.1 Å². The van der Waals surface area contributed by atoms with Crippen LogP contribution in [0.3, 0.4) is 0 Å². The number of benzene rings is 1. The molecule has 0 saturated heterocycles. The van der Waals surface area contributed by atoms with E-state index in [4.69, 9.17) is 9.84 Å². The molecule has 0 heterocycles. The van der Waals surface area contributed by atoms with Crippen LogP contribution in [0.5, 0.6) is 5.75 Å². The van der Waals surface area contributed by atoms with Gasteiger partial charge in [-0.15, -0.1) is 0 Å². The summed E-state index contributed by atoms with van der Waals surface area (Å²) in [5, 5.41) is 8.57. The van der Waals surface area contributed by atoms with Crippen molar-refractivity contribution in [2.75, 3.05) is 20.3 Å². The summed E-state index contributed by atoms with van der Waals surface area (Å²) in [5.74, 6) is 0.296. The number of aliphatic hydroxyl groups is 1. The summed E-state index contributed by atoms with van der Waals surface area (Å²) in [6.07, 6.45) is 3.01. The predicted molar refractivity (Wildman–Crippen MR) is 60.1 cm³/mol. The molecule has 0 aliphatic carbocycles. The van der Waals surface area contributed by atoms with Crippen LogP contribution in [-0.2, 0) is 9.53 Å². The van der Waals surface area contributed by atoms with Gasteiger partial charge in [-0.2, -0.15) is 0 Å². The van der Waals surface area contributed by atoms with Crippen molar-refractivity contribution < 1.29 is 19.4 Å². The van der Waals surface area contributed by atoms with E-state index in [9.17, 15) is 4.79 Å². The maximum Gasteiger partial charge on any atom is 0.330 e. The molecule has 0 unspecified atom stereocenters. The normalized spacial score (nSPS) is 10.4. The van der Waals surface area contributed by atoms with Crippen molar-refractivity contribution in [2.24, 2.45) is 0 Å². The average Bonchev–Trinajstić information content (AvgIpc) is 2.34. The molecule has 1 aromatic rings. The monoisotopic (exact) mass is 222 g/mol. The molecule has 1 N–H and O–H groups in total. The molecule has 4 heteroatoms. The molecule has 0 fully saturated rings. The molecule has 4 nitrogen and oxygen atoms in total. The van der Waals surface area contributed by atoms with Gasteiger partial charge >= 0.3 is 5.97 Å². The van der Waals surface area contributed by atoms with Crippen molar-refractivity contribution in [2.45, 2.75) is 0 Å². The minimum atomic E-state index is -0.388. The number of hydrogen-bond donors (Lipinski definition) is 1. The van der Waals surface area contributed by atoms with Gasteiger partial charge in [0.25, 0.3) is 0 Å². The van der Waals surface area contributed by atoms with Crippen LogP contribution < -0.4 is 4.74 Å². The first-order chi connectivity index (χ1) is 7.76. The maximum atomic E-state index is 10.8. The highest BCUT2D eigenvalue weighted by atomic mass is 16.5. The van der Waals surface area contributed by atoms with Crippen molar-refractivity contribution in [1.29, 1.82) is 0 Å². The van der Waals surface area contributed by atoms with Gasteiger partial charge in [0.05, 0.1) is 13.7 Å². The predicted octanol–water partition coefficient (Wildman–Crippen LogP) is 1.24. The Kier molecular flexibility index (Phi) is 5.08. The molecule has 0 atom stereocenters. The summed E-state index contributed by atoms with van der Waals surface area (Å²) in [4.78, 5) is 10.8. The molecule has 0 aliphatic rings. The van der Waals surface area contributed by atoms with E-state index in [1.807, 2.05) is 12.1 Å². The van der Waals surface area contributed by atoms with Crippen LogP contribution in [0.25, 0.3) is 6.08 Å². The number of methoxy groups -OCH3 is 1. The van der Waals surface area contributed by atoms with Gasteiger partial charge in [0.15, 0.2) is 0 Å². The van der Waals surface area contributed by atoms with Crippen LogP contribution in [0.4, 0.5) is 0 Å². The fourth-order valence-electron chi connectivity index (χ4n) is 1.07. The summed E-state index contributed by atoms with van der Waals surface area (Å²) >= 11 is 0. The van der Waals surface area contributed by atoms with E-state index in [0.717, 1.165) is 5.56 Å². The first-order valence-corrected chi connectivity index (χ1v) is 4.86. The minimum absolute atomic E-state index is 0.00993. The lowest BCUT2D eigenvalue weighted by Crippen LogP contribution is -2.01. The topological polar surface area (TPSA) is 55.8 Å². The van der Waals surface area contributed by atoms with Gasteiger partial charge in [-0.25, -0.2) is 4.79 Å². The lowest BCUT2D eigenvalue weighted by atomic mass is 10.2. The van der Waals surface area contributed by atoms with Crippen molar-refractivity contribution in [1.82, 2.24) is 0 Å². The number of rotatable bonds is 5. The van der Waals surface area contributed by atoms with E-state index in [2.05, 4.69) is 4.74 Å². The zero-order valence-electron chi connectivity index (χ0n) is 9.05. The molecular weight excluding hydrogens is 208 g/mol. The SMILES string of the molecule is COC(=O)/C=C/c1ccc(OCCO)cc1. The first-order valence-electron chi connectivity index (χ1n) is 4.86. The van der Waals surface area contributed by atoms with Crippen molar-refractivity contribution in [3.05, 3.63) is 35.9 Å². The Morgan fingerprint density at radius 3 is 2.62 bits per heavy atom. The Balaban J connectivity index is 2.57. The molecule has 0 bridgehead atoms. The molecule has 0 radical (unpaired) electrons. The smallest absolute Gasteiger partial charge is 0.330 e. The van der Waals surface area contributed by atoms with E-state index in [-0.39, 0.29) is 19.2 Å². The van der Waals surface area contributed by atoms with Gasteiger partial charge in [0, 0.05) is 6.08 Å². The fraction of sp³-hybridized carbons (Fsp3) is 0.250. The standard InChI is InChI=1S/C12H14O4/c1-15-12(14)7-4-10-2-5-11(6-3-10)16-9-8-13/h2-7,13H,8-9H2,1H3/b7-4+. The van der Waals surface area contributed by atoms with Crippen LogP contribution in [0.2, 0.25) is 0 Å². The van der Waals surface area contributed by atoms with Crippen LogP contribution in [-0.4, -0.2) is 31.4 Å². The van der Waals surface area contributed by atoms with Gasteiger partial charge in [-0.05, 0) is 23.8 Å². The molecule has 86 valence electrons. The van der Waals surface area contributed by atoms with Crippen LogP contribution >= 0.6 is 0 Å². The zero-order chi connectivity index (χ0) is 11.8. The van der Waals surface area contributed by atoms with Crippen molar-refractivity contribution in [3.63, 3.8) is 0 Å². The molecule has 0 amide bonds. The summed E-state index contributed by atoms with van der Waals surface area (Å²) in [7, 11) is 1.33. The second-order valence-corrected chi connectivity index (χ2v) is 3.00. The highest BCUT2D eigenvalue weighted by molar-refractivity contribution is 5.86. The molecule has 0 saturated carbocycles. The van der Waals surface area contributed by atoms with Gasteiger partial charge in [-0.1, -0.05) is 12.1 Å². The lowest BCUT2D eigenvalue weighted by Gasteiger charge is -2.03. The molecule has 16 heavy (non-hydrogen) atoms. The number of carbonyl (C=O) groups excluding carboxylic acids is 1. The lowest BCUT2D eigenvalue weighted by molar-refractivity contribution is -0.134. The van der Waals surface area contributed by atoms with Gasteiger partial charge in [-0.3, -0.25) is 0 Å². The highest BCUT2D eigenvalue weighted by Gasteiger charge is 1.94. The second-order valence-electron chi connectivity index (χ2n) is 3.00. The second kappa shape index (κ2) is 6.63. The summed E-state index contributed by atoms with van der Waals surface area (Å²) in [6, 6.07) is 7.16. The Hall–Kier alpha value is -1.81. The highest BCUT2D eigenvalue weighted by Crippen LogP contribution is 2.12. The Bertz CT molecular complexity index is 354. The van der Waals surface area contributed by atoms with Crippen LogP contribution in [0.15, 0.2) is 30.3 Å². The van der Waals surface area contributed by atoms with E-state index in [1.54, 1.807) is 18.2 Å². The number of carbonyl (C=O) groups is 1. The van der Waals surface area contributed by atoms with Gasteiger partial charge < -0.3 is 14.6 Å². The van der Waals surface area contributed by atoms with E-state index in [0.29, 0.717) is 5.75 Å². The molecule has 0 spiro atoms. The number of esters is 1. The van der Waals surface area contributed by atoms with E-state index < -0.39 is 0 Å². The third kappa shape index (κ3) is 4.14. The summed E-state index contributed by atoms with van der Waals surface area (Å²) in [6.45, 7) is 0.265. The quantitative estimate of drug-likeness (QED) is 0.601. The van der Waals surface area contributed by atoms with E-state index in [1.165, 1.54) is 13.2 Å². The summed E-state index contributed by atoms with van der Waals surface area (Å²) < 4.78 is 9.66. The third-order valence-corrected chi connectivity index (χ3v) is 1.85. The molecule has 0 aliphatic heterocycles. The van der Waals surface area contributed by atoms with E-state index >= 15 is 0 Å².